The standard InChI is InChI=1S/C20H19F3N4O5/c1-4-25-17(30)31-12-6-18(2)13-14(19(12,3)32-18)16(29)27(15(13)28)9-5-10(20(21,22)23)11(7-24)26-8-9/h5,8,12,28-29H,4,6H2,1-3H3,(H,25,30)/t12-,18-,19+/m1/s1. The zero-order chi connectivity index (χ0) is 23.6. The summed E-state index contributed by atoms with van der Waals surface area (Å²) in [5.41, 5.74) is -4.66. The van der Waals surface area contributed by atoms with Crippen molar-refractivity contribution < 1.29 is 37.7 Å². The third-order valence-corrected chi connectivity index (χ3v) is 5.89. The van der Waals surface area contributed by atoms with Crippen LogP contribution in [0, 0.1) is 11.3 Å². The van der Waals surface area contributed by atoms with Crippen molar-refractivity contribution in [2.24, 2.45) is 0 Å². The van der Waals surface area contributed by atoms with E-state index in [4.69, 9.17) is 14.7 Å². The number of carbonyl (C=O) groups excluding carboxylic acids is 1. The van der Waals surface area contributed by atoms with Crippen LogP contribution >= 0.6 is 0 Å². The predicted octanol–water partition coefficient (Wildman–Crippen LogP) is 3.15. The van der Waals surface area contributed by atoms with Gasteiger partial charge in [0.1, 0.15) is 23.4 Å². The van der Waals surface area contributed by atoms with Crippen LogP contribution in [0.25, 0.3) is 5.69 Å². The Hall–Kier alpha value is -3.46. The van der Waals surface area contributed by atoms with Crippen LogP contribution in [0.15, 0.2) is 12.3 Å². The highest BCUT2D eigenvalue weighted by atomic mass is 19.4. The number of alkyl halides is 3. The number of nitrogens with one attached hydrogen (secondary N) is 1. The number of hydrogen-bond acceptors (Lipinski definition) is 7. The van der Waals surface area contributed by atoms with Crippen LogP contribution < -0.4 is 5.32 Å². The second kappa shape index (κ2) is 6.77. The summed E-state index contributed by atoms with van der Waals surface area (Å²) in [4.78, 5) is 15.5. The van der Waals surface area contributed by atoms with Gasteiger partial charge >= 0.3 is 12.3 Å². The number of halogens is 3. The van der Waals surface area contributed by atoms with Gasteiger partial charge in [0, 0.05) is 13.0 Å². The minimum atomic E-state index is -4.87. The fourth-order valence-corrected chi connectivity index (χ4v) is 4.60. The number of nitriles is 1. The summed E-state index contributed by atoms with van der Waals surface area (Å²) in [6, 6.07) is 2.00. The van der Waals surface area contributed by atoms with E-state index in [0.717, 1.165) is 10.8 Å². The number of nitrogens with zero attached hydrogens (tertiary/aromatic N) is 3. The van der Waals surface area contributed by atoms with Crippen LogP contribution in [-0.2, 0) is 26.9 Å². The topological polar surface area (TPSA) is 130 Å². The molecular formula is C20H19F3N4O5. The van der Waals surface area contributed by atoms with Gasteiger partial charge in [0.25, 0.3) is 0 Å². The van der Waals surface area contributed by atoms with Gasteiger partial charge in [0.15, 0.2) is 5.69 Å². The molecule has 12 heteroatoms. The lowest BCUT2D eigenvalue weighted by Crippen LogP contribution is -2.39. The minimum absolute atomic E-state index is 0.107. The van der Waals surface area contributed by atoms with Crippen LogP contribution in [-0.4, -0.2) is 38.5 Å². The van der Waals surface area contributed by atoms with Gasteiger partial charge in [0.2, 0.25) is 11.8 Å². The van der Waals surface area contributed by atoms with Crippen LogP contribution in [0.2, 0.25) is 0 Å². The average Bonchev–Trinajstić information content (AvgIpc) is 3.21. The molecular weight excluding hydrogens is 433 g/mol. The Morgan fingerprint density at radius 2 is 2.06 bits per heavy atom. The molecule has 0 saturated carbocycles. The molecule has 170 valence electrons. The van der Waals surface area contributed by atoms with Crippen molar-refractivity contribution in [1.29, 1.82) is 5.26 Å². The van der Waals surface area contributed by atoms with Gasteiger partial charge in [-0.05, 0) is 26.8 Å². The molecule has 3 N–H and O–H groups in total. The zero-order valence-corrected chi connectivity index (χ0v) is 17.2. The molecule has 4 heterocycles. The average molecular weight is 452 g/mol. The Morgan fingerprint density at radius 3 is 2.66 bits per heavy atom. The Bertz CT molecular complexity index is 1170. The first kappa shape index (κ1) is 21.8. The predicted molar refractivity (Wildman–Crippen MR) is 101 cm³/mol. The Labute approximate surface area is 180 Å². The van der Waals surface area contributed by atoms with Crippen molar-refractivity contribution in [3.63, 3.8) is 0 Å². The summed E-state index contributed by atoms with van der Waals surface area (Å²) in [5.74, 6) is -1.10. The lowest BCUT2D eigenvalue weighted by molar-refractivity contribution is -0.138. The summed E-state index contributed by atoms with van der Waals surface area (Å²) >= 11 is 0. The SMILES string of the molecule is CCNC(=O)O[C@@H]1C[C@@]2(C)O[C@]1(C)c1c2c(O)n(-c2cnc(C#N)c(C(F)(F)F)c2)c1O. The maximum Gasteiger partial charge on any atom is 0.419 e. The Balaban J connectivity index is 1.85. The molecule has 1 saturated heterocycles. The van der Waals surface area contributed by atoms with E-state index in [1.165, 1.54) is 6.07 Å². The van der Waals surface area contributed by atoms with Crippen molar-refractivity contribution in [3.8, 4) is 23.5 Å². The molecule has 2 aliphatic heterocycles. The minimum Gasteiger partial charge on any atom is -0.494 e. The number of alkyl carbamates (subject to hydrolysis) is 1. The first-order valence-electron chi connectivity index (χ1n) is 9.67. The smallest absolute Gasteiger partial charge is 0.419 e. The first-order chi connectivity index (χ1) is 14.9. The van der Waals surface area contributed by atoms with E-state index in [2.05, 4.69) is 10.3 Å². The lowest BCUT2D eigenvalue weighted by Gasteiger charge is -2.29. The summed E-state index contributed by atoms with van der Waals surface area (Å²) in [6.45, 7) is 5.24. The molecule has 9 nitrogen and oxygen atoms in total. The summed E-state index contributed by atoms with van der Waals surface area (Å²) in [5, 5.41) is 33.3. The Morgan fingerprint density at radius 1 is 1.41 bits per heavy atom. The van der Waals surface area contributed by atoms with Crippen molar-refractivity contribution in [2.75, 3.05) is 6.54 Å². The second-order valence-electron chi connectivity index (χ2n) is 8.00. The molecule has 32 heavy (non-hydrogen) atoms. The van der Waals surface area contributed by atoms with Gasteiger partial charge in [-0.25, -0.2) is 14.3 Å². The summed E-state index contributed by atoms with van der Waals surface area (Å²) in [6.07, 6.45) is -5.28. The number of aromatic hydroxyl groups is 2. The number of pyridine rings is 1. The molecule has 0 radical (unpaired) electrons. The van der Waals surface area contributed by atoms with E-state index in [9.17, 15) is 28.2 Å². The number of hydrogen-bond donors (Lipinski definition) is 3. The number of fused-ring (bicyclic) bond motifs is 5. The molecule has 1 fully saturated rings. The van der Waals surface area contributed by atoms with Gasteiger partial charge in [-0.3, -0.25) is 0 Å². The first-order valence-corrected chi connectivity index (χ1v) is 9.67. The number of carbonyl (C=O) groups is 1. The highest BCUT2D eigenvalue weighted by molar-refractivity contribution is 5.68. The van der Waals surface area contributed by atoms with Crippen LogP contribution in [0.4, 0.5) is 18.0 Å². The highest BCUT2D eigenvalue weighted by Crippen LogP contribution is 2.64. The zero-order valence-electron chi connectivity index (χ0n) is 17.2. The normalized spacial score (nSPS) is 26.0. The molecule has 2 aromatic heterocycles. The van der Waals surface area contributed by atoms with E-state index in [1.807, 2.05) is 0 Å². The van der Waals surface area contributed by atoms with E-state index in [1.54, 1.807) is 20.8 Å². The van der Waals surface area contributed by atoms with Gasteiger partial charge in [-0.15, -0.1) is 0 Å². The molecule has 0 spiro atoms. The number of ether oxygens (including phenoxy) is 2. The third kappa shape index (κ3) is 2.88. The number of amides is 1. The van der Waals surface area contributed by atoms with Crippen LogP contribution in [0.5, 0.6) is 11.8 Å². The molecule has 3 atom stereocenters. The van der Waals surface area contributed by atoms with Crippen molar-refractivity contribution >= 4 is 6.09 Å². The van der Waals surface area contributed by atoms with Gasteiger partial charge < -0.3 is 25.0 Å². The molecule has 2 aliphatic rings. The maximum absolute atomic E-state index is 13.4. The van der Waals surface area contributed by atoms with Gasteiger partial charge in [0.05, 0.1) is 28.6 Å². The quantitative estimate of drug-likeness (QED) is 0.652. The molecule has 0 aliphatic carbocycles. The van der Waals surface area contributed by atoms with Crippen LogP contribution in [0.3, 0.4) is 0 Å². The molecule has 0 unspecified atom stereocenters. The number of aromatic nitrogens is 2. The van der Waals surface area contributed by atoms with E-state index < -0.39 is 52.6 Å². The second-order valence-corrected chi connectivity index (χ2v) is 8.00. The fraction of sp³-hybridized carbons (Fsp3) is 0.450. The van der Waals surface area contributed by atoms with E-state index in [0.29, 0.717) is 12.6 Å². The lowest BCUT2D eigenvalue weighted by atomic mass is 9.78. The molecule has 4 rings (SSSR count). The maximum atomic E-state index is 13.4. The largest absolute Gasteiger partial charge is 0.494 e. The summed E-state index contributed by atoms with van der Waals surface area (Å²) in [7, 11) is 0. The molecule has 1 amide bonds. The van der Waals surface area contributed by atoms with Crippen molar-refractivity contribution in [3.05, 3.63) is 34.6 Å². The van der Waals surface area contributed by atoms with Crippen LogP contribution in [0.1, 0.15) is 49.6 Å². The molecule has 0 aromatic carbocycles. The molecule has 2 aromatic rings. The fourth-order valence-electron chi connectivity index (χ4n) is 4.60. The Kier molecular flexibility index (Phi) is 4.60. The highest BCUT2D eigenvalue weighted by Gasteiger charge is 2.66. The number of rotatable bonds is 3. The monoisotopic (exact) mass is 452 g/mol. The third-order valence-electron chi connectivity index (χ3n) is 5.89. The van der Waals surface area contributed by atoms with Gasteiger partial charge in [-0.2, -0.15) is 18.4 Å². The molecule has 2 bridgehead atoms. The summed E-state index contributed by atoms with van der Waals surface area (Å²) < 4.78 is 52.4. The van der Waals surface area contributed by atoms with E-state index in [-0.39, 0.29) is 23.2 Å². The van der Waals surface area contributed by atoms with Gasteiger partial charge in [-0.1, -0.05) is 0 Å². The van der Waals surface area contributed by atoms with Crippen molar-refractivity contribution in [1.82, 2.24) is 14.9 Å². The van der Waals surface area contributed by atoms with Crippen molar-refractivity contribution in [2.45, 2.75) is 50.7 Å². The van der Waals surface area contributed by atoms with E-state index >= 15 is 0 Å².